The average molecular weight is 187 g/mol. The summed E-state index contributed by atoms with van der Waals surface area (Å²) in [6.07, 6.45) is 0. The van der Waals surface area contributed by atoms with Crippen molar-refractivity contribution in [1.29, 1.82) is 0 Å². The fourth-order valence-electron chi connectivity index (χ4n) is 1.68. The maximum absolute atomic E-state index is 2.37. The second-order valence-electron chi connectivity index (χ2n) is 2.97. The van der Waals surface area contributed by atoms with Gasteiger partial charge in [0.15, 0.2) is 0 Å². The normalized spacial score (nSPS) is 12.0. The van der Waals surface area contributed by atoms with Gasteiger partial charge in [-0.3, -0.25) is 0 Å². The van der Waals surface area contributed by atoms with Gasteiger partial charge in [0.1, 0.15) is 0 Å². The van der Waals surface area contributed by atoms with Crippen molar-refractivity contribution in [3.8, 4) is 0 Å². The Hall–Kier alpha value is -0.120. The van der Waals surface area contributed by atoms with Crippen molar-refractivity contribution < 1.29 is 0 Å². The summed E-state index contributed by atoms with van der Waals surface area (Å²) >= 11 is 0. The molecular formula is C10H25N3. The molecule has 0 aliphatic carbocycles. The monoisotopic (exact) mass is 187 g/mol. The van der Waals surface area contributed by atoms with Crippen LogP contribution < -0.4 is 0 Å². The van der Waals surface area contributed by atoms with Crippen LogP contribution >= 0.6 is 0 Å². The van der Waals surface area contributed by atoms with Crippen LogP contribution in [0.15, 0.2) is 0 Å². The SMILES string of the molecule is CCN(CC)N(CC)N(CC)CC. The molecule has 0 heterocycles. The molecule has 0 aromatic heterocycles. The molecule has 0 unspecified atom stereocenters. The van der Waals surface area contributed by atoms with Crippen LogP contribution in [0.2, 0.25) is 0 Å². The smallest absolute Gasteiger partial charge is 0.0264 e. The number of nitrogens with zero attached hydrogens (tertiary/aromatic N) is 3. The minimum atomic E-state index is 1.06. The van der Waals surface area contributed by atoms with Gasteiger partial charge in [-0.2, -0.15) is 5.12 Å². The van der Waals surface area contributed by atoms with Gasteiger partial charge in [0.05, 0.1) is 0 Å². The molecule has 0 fully saturated rings. The molecule has 0 atom stereocenters. The van der Waals surface area contributed by atoms with E-state index in [1.165, 1.54) is 0 Å². The van der Waals surface area contributed by atoms with Crippen LogP contribution in [0.1, 0.15) is 34.6 Å². The van der Waals surface area contributed by atoms with Crippen LogP contribution in [0.4, 0.5) is 0 Å². The number of hydrazine groups is 2. The Labute approximate surface area is 83.2 Å². The summed E-state index contributed by atoms with van der Waals surface area (Å²) in [6, 6.07) is 0. The van der Waals surface area contributed by atoms with E-state index in [9.17, 15) is 0 Å². The van der Waals surface area contributed by atoms with Gasteiger partial charge in [0, 0.05) is 32.7 Å². The van der Waals surface area contributed by atoms with Crippen molar-refractivity contribution >= 4 is 0 Å². The molecule has 3 heteroatoms. The summed E-state index contributed by atoms with van der Waals surface area (Å²) in [5, 5.41) is 7.08. The summed E-state index contributed by atoms with van der Waals surface area (Å²) in [4.78, 5) is 0. The zero-order valence-corrected chi connectivity index (χ0v) is 9.88. The molecule has 0 aliphatic heterocycles. The Morgan fingerprint density at radius 3 is 1.00 bits per heavy atom. The van der Waals surface area contributed by atoms with Crippen LogP contribution in [-0.2, 0) is 0 Å². The molecule has 0 N–H and O–H groups in total. The van der Waals surface area contributed by atoms with Gasteiger partial charge in [-0.1, -0.05) is 27.7 Å². The summed E-state index contributed by atoms with van der Waals surface area (Å²) in [5.41, 5.74) is 0. The predicted molar refractivity (Wildman–Crippen MR) is 58.2 cm³/mol. The molecule has 0 radical (unpaired) electrons. The summed E-state index contributed by atoms with van der Waals surface area (Å²) < 4.78 is 0. The molecule has 0 aliphatic rings. The van der Waals surface area contributed by atoms with E-state index in [2.05, 4.69) is 49.8 Å². The van der Waals surface area contributed by atoms with Crippen molar-refractivity contribution in [2.24, 2.45) is 0 Å². The second kappa shape index (κ2) is 7.30. The molecule has 0 saturated carbocycles. The van der Waals surface area contributed by atoms with E-state index >= 15 is 0 Å². The predicted octanol–water partition coefficient (Wildman–Crippen LogP) is 1.82. The highest BCUT2D eigenvalue weighted by Crippen LogP contribution is 2.02. The van der Waals surface area contributed by atoms with E-state index in [0.717, 1.165) is 32.7 Å². The minimum absolute atomic E-state index is 1.06. The molecule has 0 rings (SSSR count). The molecule has 13 heavy (non-hydrogen) atoms. The Balaban J connectivity index is 4.26. The van der Waals surface area contributed by atoms with Gasteiger partial charge in [-0.25, -0.2) is 10.0 Å². The van der Waals surface area contributed by atoms with Gasteiger partial charge in [0.2, 0.25) is 0 Å². The molecule has 0 aromatic carbocycles. The van der Waals surface area contributed by atoms with E-state index in [1.54, 1.807) is 0 Å². The third-order valence-electron chi connectivity index (χ3n) is 2.40. The number of rotatable bonds is 7. The second-order valence-corrected chi connectivity index (χ2v) is 2.97. The standard InChI is InChI=1S/C10H25N3/c1-6-11(7-2)13(10-5)12(8-3)9-4/h6-10H2,1-5H3. The molecular weight excluding hydrogens is 162 g/mol. The molecule has 0 spiro atoms. The summed E-state index contributed by atoms with van der Waals surface area (Å²) in [5.74, 6) is 0. The largest absolute Gasteiger partial charge is 0.229 e. The summed E-state index contributed by atoms with van der Waals surface area (Å²) in [6.45, 7) is 16.4. The number of hydrogen-bond acceptors (Lipinski definition) is 3. The van der Waals surface area contributed by atoms with Crippen LogP contribution in [0.5, 0.6) is 0 Å². The van der Waals surface area contributed by atoms with Crippen LogP contribution in [0, 0.1) is 0 Å². The molecule has 0 bridgehead atoms. The fourth-order valence-corrected chi connectivity index (χ4v) is 1.68. The highest BCUT2D eigenvalue weighted by Gasteiger charge is 2.15. The highest BCUT2D eigenvalue weighted by atomic mass is 15.9. The third-order valence-corrected chi connectivity index (χ3v) is 2.40. The fraction of sp³-hybridized carbons (Fsp3) is 1.00. The van der Waals surface area contributed by atoms with Crippen LogP contribution in [-0.4, -0.2) is 47.9 Å². The van der Waals surface area contributed by atoms with Crippen molar-refractivity contribution in [1.82, 2.24) is 15.1 Å². The Kier molecular flexibility index (Phi) is 7.23. The lowest BCUT2D eigenvalue weighted by molar-refractivity contribution is -0.174. The van der Waals surface area contributed by atoms with Gasteiger partial charge >= 0.3 is 0 Å². The molecule has 0 amide bonds. The van der Waals surface area contributed by atoms with Crippen molar-refractivity contribution in [3.05, 3.63) is 0 Å². The average Bonchev–Trinajstić information content (AvgIpc) is 2.18. The highest BCUT2D eigenvalue weighted by molar-refractivity contribution is 4.51. The lowest BCUT2D eigenvalue weighted by Gasteiger charge is -2.40. The van der Waals surface area contributed by atoms with Gasteiger partial charge < -0.3 is 0 Å². The molecule has 0 saturated heterocycles. The van der Waals surface area contributed by atoms with Crippen molar-refractivity contribution in [3.63, 3.8) is 0 Å². The lowest BCUT2D eigenvalue weighted by atomic mass is 10.5. The first kappa shape index (κ1) is 12.9. The van der Waals surface area contributed by atoms with Gasteiger partial charge in [-0.15, -0.1) is 0 Å². The quantitative estimate of drug-likeness (QED) is 0.563. The molecule has 80 valence electrons. The molecule has 3 nitrogen and oxygen atoms in total. The zero-order valence-electron chi connectivity index (χ0n) is 9.88. The first-order valence-corrected chi connectivity index (χ1v) is 5.52. The van der Waals surface area contributed by atoms with Gasteiger partial charge in [0.25, 0.3) is 0 Å². The van der Waals surface area contributed by atoms with E-state index in [0.29, 0.717) is 0 Å². The van der Waals surface area contributed by atoms with Crippen molar-refractivity contribution in [2.45, 2.75) is 34.6 Å². The third kappa shape index (κ3) is 3.63. The topological polar surface area (TPSA) is 9.72 Å². The Bertz CT molecular complexity index is 96.7. The Morgan fingerprint density at radius 2 is 0.846 bits per heavy atom. The van der Waals surface area contributed by atoms with Gasteiger partial charge in [-0.05, 0) is 6.92 Å². The molecule has 0 aromatic rings. The maximum Gasteiger partial charge on any atom is 0.0264 e. The minimum Gasteiger partial charge on any atom is -0.229 e. The van der Waals surface area contributed by atoms with E-state index in [4.69, 9.17) is 0 Å². The van der Waals surface area contributed by atoms with Crippen molar-refractivity contribution in [2.75, 3.05) is 32.7 Å². The zero-order chi connectivity index (χ0) is 10.3. The van der Waals surface area contributed by atoms with Crippen LogP contribution in [0.25, 0.3) is 0 Å². The first-order valence-electron chi connectivity index (χ1n) is 5.52. The maximum atomic E-state index is 2.37. The number of hydrogen-bond donors (Lipinski definition) is 0. The first-order chi connectivity index (χ1) is 6.24. The lowest BCUT2D eigenvalue weighted by Crippen LogP contribution is -2.52. The van der Waals surface area contributed by atoms with E-state index in [-0.39, 0.29) is 0 Å². The van der Waals surface area contributed by atoms with E-state index < -0.39 is 0 Å². The van der Waals surface area contributed by atoms with Crippen LogP contribution in [0.3, 0.4) is 0 Å². The summed E-state index contributed by atoms with van der Waals surface area (Å²) in [7, 11) is 0. The van der Waals surface area contributed by atoms with E-state index in [1.807, 2.05) is 0 Å². The Morgan fingerprint density at radius 1 is 0.538 bits per heavy atom.